The molecule has 202 valence electrons. The Morgan fingerprint density at radius 1 is 1.05 bits per heavy atom. The number of rotatable bonds is 8. The fraction of sp³-hybridized carbons (Fsp3) is 0.241. The lowest BCUT2D eigenvalue weighted by Gasteiger charge is -2.14. The molecule has 1 aliphatic rings. The van der Waals surface area contributed by atoms with Gasteiger partial charge in [-0.3, -0.25) is 4.79 Å². The number of esters is 1. The van der Waals surface area contributed by atoms with Crippen LogP contribution in [0.5, 0.6) is 17.2 Å². The molecule has 3 aromatic carbocycles. The normalized spacial score (nSPS) is 19.0. The van der Waals surface area contributed by atoms with Crippen LogP contribution in [0.15, 0.2) is 78.9 Å². The fourth-order valence-electron chi connectivity index (χ4n) is 4.24. The Labute approximate surface area is 227 Å². The number of allylic oxidation sites excluding steroid dienone is 1. The highest BCUT2D eigenvalue weighted by atomic mass is 35.5. The number of halogens is 5. The van der Waals surface area contributed by atoms with Crippen molar-refractivity contribution in [1.29, 1.82) is 5.26 Å². The summed E-state index contributed by atoms with van der Waals surface area (Å²) in [4.78, 5) is 13.0. The minimum absolute atomic E-state index is 0.124. The molecule has 1 saturated carbocycles. The van der Waals surface area contributed by atoms with Gasteiger partial charge in [0.05, 0.1) is 5.92 Å². The van der Waals surface area contributed by atoms with Crippen molar-refractivity contribution in [1.82, 2.24) is 0 Å². The lowest BCUT2D eigenvalue weighted by molar-refractivity contribution is -0.274. The van der Waals surface area contributed by atoms with Crippen molar-refractivity contribution >= 4 is 22.6 Å². The van der Waals surface area contributed by atoms with Gasteiger partial charge in [-0.1, -0.05) is 55.8 Å². The number of benzene rings is 3. The summed E-state index contributed by atoms with van der Waals surface area (Å²) < 4.78 is 66.4. The van der Waals surface area contributed by atoms with Gasteiger partial charge in [0.2, 0.25) is 6.10 Å². The van der Waals surface area contributed by atoms with Crippen molar-refractivity contribution in [3.8, 4) is 23.3 Å². The summed E-state index contributed by atoms with van der Waals surface area (Å²) in [7, 11) is 0. The average Bonchev–Trinajstić information content (AvgIpc) is 3.43. The lowest BCUT2D eigenvalue weighted by Crippen LogP contribution is -2.16. The second kappa shape index (κ2) is 11.0. The maximum atomic E-state index is 14.3. The predicted molar refractivity (Wildman–Crippen MR) is 135 cm³/mol. The molecule has 3 atom stereocenters. The maximum Gasteiger partial charge on any atom is 0.573 e. The van der Waals surface area contributed by atoms with Gasteiger partial charge >= 0.3 is 12.3 Å². The second-order valence-corrected chi connectivity index (χ2v) is 9.87. The van der Waals surface area contributed by atoms with E-state index in [0.29, 0.717) is 11.3 Å². The highest BCUT2D eigenvalue weighted by Gasteiger charge is 2.62. The summed E-state index contributed by atoms with van der Waals surface area (Å²) in [6.07, 6.45) is -4.48. The van der Waals surface area contributed by atoms with E-state index >= 15 is 0 Å². The molecule has 3 aromatic rings. The standard InChI is InChI=1S/C29H22ClF4NO4/c1-28(2)21(15-22(30)17-8-11-20(12-9-17)39-29(32,33)34)26(28)27(36)38-25(16-35)18-10-13-23(31)24(14-18)37-19-6-4-3-5-7-19/h3-15,21,25-26H,1-2H3/b22-15-. The smallest absolute Gasteiger partial charge is 0.454 e. The van der Waals surface area contributed by atoms with E-state index in [2.05, 4.69) is 4.74 Å². The van der Waals surface area contributed by atoms with Crippen molar-refractivity contribution in [2.24, 2.45) is 17.3 Å². The third kappa shape index (κ3) is 6.70. The largest absolute Gasteiger partial charge is 0.573 e. The van der Waals surface area contributed by atoms with Gasteiger partial charge in [-0.2, -0.15) is 5.26 Å². The molecule has 39 heavy (non-hydrogen) atoms. The van der Waals surface area contributed by atoms with Gasteiger partial charge in [0, 0.05) is 10.6 Å². The summed E-state index contributed by atoms with van der Waals surface area (Å²) in [5, 5.41) is 9.92. The molecule has 0 saturated heterocycles. The fourth-order valence-corrected chi connectivity index (χ4v) is 4.51. The first-order chi connectivity index (χ1) is 18.4. The molecular weight excluding hydrogens is 538 g/mol. The highest BCUT2D eigenvalue weighted by Crippen LogP contribution is 2.60. The summed E-state index contributed by atoms with van der Waals surface area (Å²) in [6, 6.07) is 19.2. The Morgan fingerprint density at radius 2 is 1.72 bits per heavy atom. The van der Waals surface area contributed by atoms with Crippen LogP contribution < -0.4 is 9.47 Å². The van der Waals surface area contributed by atoms with Crippen LogP contribution in [0, 0.1) is 34.4 Å². The molecule has 0 N–H and O–H groups in total. The number of alkyl halides is 3. The first-order valence-corrected chi connectivity index (χ1v) is 12.1. The van der Waals surface area contributed by atoms with Gasteiger partial charge in [0.25, 0.3) is 0 Å². The summed E-state index contributed by atoms with van der Waals surface area (Å²) in [5.74, 6) is -2.38. The molecule has 0 heterocycles. The molecule has 3 unspecified atom stereocenters. The van der Waals surface area contributed by atoms with Gasteiger partial charge < -0.3 is 14.2 Å². The lowest BCUT2D eigenvalue weighted by atomic mass is 10.1. The summed E-state index contributed by atoms with van der Waals surface area (Å²) in [6.45, 7) is 3.66. The molecule has 5 nitrogen and oxygen atoms in total. The quantitative estimate of drug-likeness (QED) is 0.206. The molecule has 10 heteroatoms. The number of hydrogen-bond acceptors (Lipinski definition) is 5. The zero-order valence-corrected chi connectivity index (χ0v) is 21.5. The van der Waals surface area contributed by atoms with E-state index < -0.39 is 35.6 Å². The molecule has 0 radical (unpaired) electrons. The van der Waals surface area contributed by atoms with E-state index in [-0.39, 0.29) is 28.0 Å². The Balaban J connectivity index is 1.45. The van der Waals surface area contributed by atoms with E-state index in [1.807, 2.05) is 19.9 Å². The van der Waals surface area contributed by atoms with E-state index in [1.165, 1.54) is 24.3 Å². The van der Waals surface area contributed by atoms with E-state index in [9.17, 15) is 27.6 Å². The Kier molecular flexibility index (Phi) is 7.89. The van der Waals surface area contributed by atoms with Crippen LogP contribution >= 0.6 is 11.6 Å². The SMILES string of the molecule is CC1(C)C(/C=C(\Cl)c2ccc(OC(F)(F)F)cc2)C1C(=O)OC(C#N)c1ccc(F)c(Oc2ccccc2)c1. The van der Waals surface area contributed by atoms with Gasteiger partial charge in [-0.15, -0.1) is 13.2 Å². The van der Waals surface area contributed by atoms with Crippen LogP contribution in [-0.4, -0.2) is 12.3 Å². The topological polar surface area (TPSA) is 68.5 Å². The Morgan fingerprint density at radius 3 is 2.33 bits per heavy atom. The Hall–Kier alpha value is -4.03. The zero-order valence-electron chi connectivity index (χ0n) is 20.7. The number of carbonyl (C=O) groups is 1. The van der Waals surface area contributed by atoms with E-state index in [1.54, 1.807) is 36.4 Å². The molecule has 0 bridgehead atoms. The highest BCUT2D eigenvalue weighted by molar-refractivity contribution is 6.48. The van der Waals surface area contributed by atoms with Gasteiger partial charge in [-0.25, -0.2) is 4.39 Å². The minimum atomic E-state index is -4.81. The molecule has 1 fully saturated rings. The minimum Gasteiger partial charge on any atom is -0.454 e. The second-order valence-electron chi connectivity index (χ2n) is 9.46. The average molecular weight is 560 g/mol. The van der Waals surface area contributed by atoms with Crippen LogP contribution in [0.25, 0.3) is 5.03 Å². The number of nitriles is 1. The van der Waals surface area contributed by atoms with Crippen molar-refractivity contribution in [2.75, 3.05) is 0 Å². The van der Waals surface area contributed by atoms with E-state index in [0.717, 1.165) is 18.2 Å². The monoisotopic (exact) mass is 559 g/mol. The Bertz CT molecular complexity index is 1420. The van der Waals surface area contributed by atoms with Crippen molar-refractivity contribution in [3.05, 3.63) is 95.8 Å². The number of nitrogens with zero attached hydrogens (tertiary/aromatic N) is 1. The van der Waals surface area contributed by atoms with Gasteiger partial charge in [0.15, 0.2) is 11.6 Å². The summed E-state index contributed by atoms with van der Waals surface area (Å²) in [5.41, 5.74) is 0.122. The van der Waals surface area contributed by atoms with Crippen molar-refractivity contribution in [2.45, 2.75) is 26.3 Å². The number of para-hydroxylation sites is 1. The molecule has 4 rings (SSSR count). The zero-order chi connectivity index (χ0) is 28.4. The molecular formula is C29H22ClF4NO4. The first-order valence-electron chi connectivity index (χ1n) is 11.7. The van der Waals surface area contributed by atoms with Gasteiger partial charge in [0.1, 0.15) is 17.6 Å². The van der Waals surface area contributed by atoms with Crippen LogP contribution in [0.1, 0.15) is 31.1 Å². The third-order valence-corrected chi connectivity index (χ3v) is 6.78. The van der Waals surface area contributed by atoms with Crippen LogP contribution in [-0.2, 0) is 9.53 Å². The van der Waals surface area contributed by atoms with Crippen LogP contribution in [0.4, 0.5) is 17.6 Å². The molecule has 0 spiro atoms. The van der Waals surface area contributed by atoms with Gasteiger partial charge in [-0.05, 0) is 65.4 Å². The molecule has 0 amide bonds. The number of carbonyl (C=O) groups excluding carboxylic acids is 1. The number of ether oxygens (including phenoxy) is 3. The van der Waals surface area contributed by atoms with Crippen molar-refractivity contribution in [3.63, 3.8) is 0 Å². The van der Waals surface area contributed by atoms with Crippen LogP contribution in [0.2, 0.25) is 0 Å². The predicted octanol–water partition coefficient (Wildman–Crippen LogP) is 8.18. The molecule has 0 aliphatic heterocycles. The molecule has 0 aromatic heterocycles. The van der Waals surface area contributed by atoms with Crippen LogP contribution in [0.3, 0.4) is 0 Å². The van der Waals surface area contributed by atoms with Crippen molar-refractivity contribution < 1.29 is 36.6 Å². The van der Waals surface area contributed by atoms with E-state index in [4.69, 9.17) is 21.1 Å². The third-order valence-electron chi connectivity index (χ3n) is 6.43. The molecule has 1 aliphatic carbocycles. The first kappa shape index (κ1) is 28.0. The maximum absolute atomic E-state index is 14.3. The summed E-state index contributed by atoms with van der Waals surface area (Å²) >= 11 is 6.40. The number of hydrogen-bond donors (Lipinski definition) is 0.